The minimum atomic E-state index is 0.314. The van der Waals surface area contributed by atoms with Crippen LogP contribution in [-0.4, -0.2) is 17.2 Å². The van der Waals surface area contributed by atoms with Gasteiger partial charge in [-0.3, -0.25) is 9.69 Å². The first-order valence-electron chi connectivity index (χ1n) is 6.15. The van der Waals surface area contributed by atoms with Crippen molar-refractivity contribution in [3.63, 3.8) is 0 Å². The molecule has 0 saturated heterocycles. The van der Waals surface area contributed by atoms with E-state index in [1.165, 1.54) is 11.1 Å². The third-order valence-electron chi connectivity index (χ3n) is 3.82. The largest absolute Gasteiger partial charge is 0.299 e. The van der Waals surface area contributed by atoms with Gasteiger partial charge in [0.1, 0.15) is 5.78 Å². The van der Waals surface area contributed by atoms with Crippen molar-refractivity contribution in [1.29, 1.82) is 0 Å². The molecular formula is C14H17NO. The summed E-state index contributed by atoms with van der Waals surface area (Å²) in [5, 5.41) is 0. The molecule has 1 fully saturated rings. The molecule has 0 N–H and O–H groups in total. The fraction of sp³-hybridized carbons (Fsp3) is 0.500. The van der Waals surface area contributed by atoms with Gasteiger partial charge in [-0.15, -0.1) is 0 Å². The number of fused-ring (bicyclic) bond motifs is 1. The summed E-state index contributed by atoms with van der Waals surface area (Å²) in [6.45, 7) is 3.02. The van der Waals surface area contributed by atoms with Crippen LogP contribution in [0.15, 0.2) is 24.3 Å². The van der Waals surface area contributed by atoms with Gasteiger partial charge in [-0.25, -0.2) is 0 Å². The van der Waals surface area contributed by atoms with E-state index < -0.39 is 0 Å². The molecule has 1 aliphatic heterocycles. The number of hydrogen-bond acceptors (Lipinski definition) is 2. The Balaban J connectivity index is 1.66. The van der Waals surface area contributed by atoms with Gasteiger partial charge < -0.3 is 0 Å². The summed E-state index contributed by atoms with van der Waals surface area (Å²) in [7, 11) is 0. The number of carbonyl (C=O) groups excluding carboxylic acids is 1. The first kappa shape index (κ1) is 10.0. The predicted molar refractivity (Wildman–Crippen MR) is 62.9 cm³/mol. The Hall–Kier alpha value is -1.15. The first-order chi connectivity index (χ1) is 7.83. The van der Waals surface area contributed by atoms with Crippen LogP contribution in [0, 0.1) is 5.92 Å². The average Bonchev–Trinajstić information content (AvgIpc) is 2.85. The van der Waals surface area contributed by atoms with E-state index >= 15 is 0 Å². The van der Waals surface area contributed by atoms with Gasteiger partial charge in [-0.05, 0) is 24.0 Å². The third-order valence-corrected chi connectivity index (χ3v) is 3.82. The second kappa shape index (κ2) is 4.02. The molecule has 2 heteroatoms. The lowest BCUT2D eigenvalue weighted by Crippen LogP contribution is -2.26. The van der Waals surface area contributed by atoms with Gasteiger partial charge >= 0.3 is 0 Å². The molecule has 2 aliphatic rings. The Kier molecular flexibility index (Phi) is 2.52. The van der Waals surface area contributed by atoms with E-state index in [2.05, 4.69) is 29.2 Å². The summed E-state index contributed by atoms with van der Waals surface area (Å²) in [4.78, 5) is 14.0. The van der Waals surface area contributed by atoms with Gasteiger partial charge in [0, 0.05) is 32.0 Å². The zero-order chi connectivity index (χ0) is 11.0. The Labute approximate surface area is 96.3 Å². The third kappa shape index (κ3) is 1.78. The van der Waals surface area contributed by atoms with Crippen LogP contribution in [0.25, 0.3) is 0 Å². The predicted octanol–water partition coefficient (Wildman–Crippen LogP) is 2.37. The molecule has 1 saturated carbocycles. The molecule has 2 nitrogen and oxygen atoms in total. The maximum atomic E-state index is 11.6. The second-order valence-corrected chi connectivity index (χ2v) is 4.99. The van der Waals surface area contributed by atoms with E-state index in [0.29, 0.717) is 11.7 Å². The maximum absolute atomic E-state index is 11.6. The minimum Gasteiger partial charge on any atom is -0.299 e. The van der Waals surface area contributed by atoms with Gasteiger partial charge in [0.2, 0.25) is 0 Å². The molecule has 3 rings (SSSR count). The maximum Gasteiger partial charge on any atom is 0.137 e. The zero-order valence-corrected chi connectivity index (χ0v) is 9.48. The highest BCUT2D eigenvalue weighted by molar-refractivity contribution is 5.83. The number of Topliss-reactive ketones (excluding diaryl/α,β-unsaturated/α-hetero) is 1. The molecule has 1 aliphatic carbocycles. The van der Waals surface area contributed by atoms with Crippen molar-refractivity contribution in [2.45, 2.75) is 32.4 Å². The molecule has 1 atom stereocenters. The van der Waals surface area contributed by atoms with Crippen LogP contribution in [-0.2, 0) is 17.9 Å². The Morgan fingerprint density at radius 1 is 1.19 bits per heavy atom. The van der Waals surface area contributed by atoms with Crippen molar-refractivity contribution < 1.29 is 4.79 Å². The first-order valence-corrected chi connectivity index (χ1v) is 6.15. The van der Waals surface area contributed by atoms with Crippen LogP contribution >= 0.6 is 0 Å². The smallest absolute Gasteiger partial charge is 0.137 e. The van der Waals surface area contributed by atoms with E-state index in [-0.39, 0.29) is 0 Å². The molecule has 0 radical (unpaired) electrons. The summed E-state index contributed by atoms with van der Waals surface area (Å²) in [6.07, 6.45) is 3.02. The highest BCUT2D eigenvalue weighted by Gasteiger charge is 2.28. The van der Waals surface area contributed by atoms with Crippen molar-refractivity contribution in [3.8, 4) is 0 Å². The summed E-state index contributed by atoms with van der Waals surface area (Å²) >= 11 is 0. The van der Waals surface area contributed by atoms with Crippen LogP contribution in [0.3, 0.4) is 0 Å². The molecule has 1 unspecified atom stereocenters. The van der Waals surface area contributed by atoms with E-state index in [4.69, 9.17) is 0 Å². The molecular weight excluding hydrogens is 198 g/mol. The molecule has 0 aromatic heterocycles. The average molecular weight is 215 g/mol. The Morgan fingerprint density at radius 2 is 1.88 bits per heavy atom. The van der Waals surface area contributed by atoms with Gasteiger partial charge in [-0.2, -0.15) is 0 Å². The monoisotopic (exact) mass is 215 g/mol. The van der Waals surface area contributed by atoms with Gasteiger partial charge in [0.25, 0.3) is 0 Å². The quantitative estimate of drug-likeness (QED) is 0.755. The number of rotatable bonds is 2. The zero-order valence-electron chi connectivity index (χ0n) is 9.48. The van der Waals surface area contributed by atoms with Crippen molar-refractivity contribution in [2.75, 3.05) is 6.54 Å². The Bertz CT molecular complexity index is 388. The van der Waals surface area contributed by atoms with Gasteiger partial charge in [-0.1, -0.05) is 24.3 Å². The number of benzene rings is 1. The fourth-order valence-corrected chi connectivity index (χ4v) is 2.93. The summed E-state index contributed by atoms with van der Waals surface area (Å²) in [6, 6.07) is 8.60. The fourth-order valence-electron chi connectivity index (χ4n) is 2.93. The SMILES string of the molecule is O=C1CCCC1CN1Cc2ccccc2C1. The summed E-state index contributed by atoms with van der Waals surface area (Å²) in [5.74, 6) is 0.797. The van der Waals surface area contributed by atoms with Crippen LogP contribution in [0.4, 0.5) is 0 Å². The molecule has 0 amide bonds. The number of carbonyl (C=O) groups is 1. The van der Waals surface area contributed by atoms with E-state index in [9.17, 15) is 4.79 Å². The topological polar surface area (TPSA) is 20.3 Å². The molecule has 1 aromatic carbocycles. The van der Waals surface area contributed by atoms with Gasteiger partial charge in [0.05, 0.1) is 0 Å². The number of hydrogen-bond donors (Lipinski definition) is 0. The minimum absolute atomic E-state index is 0.314. The number of nitrogens with zero attached hydrogens (tertiary/aromatic N) is 1. The van der Waals surface area contributed by atoms with Crippen molar-refractivity contribution in [3.05, 3.63) is 35.4 Å². The number of ketones is 1. The lowest BCUT2D eigenvalue weighted by Gasteiger charge is -2.18. The van der Waals surface area contributed by atoms with Crippen LogP contribution < -0.4 is 0 Å². The van der Waals surface area contributed by atoms with Crippen LogP contribution in [0.2, 0.25) is 0 Å². The van der Waals surface area contributed by atoms with E-state index in [1.54, 1.807) is 0 Å². The highest BCUT2D eigenvalue weighted by Crippen LogP contribution is 2.27. The van der Waals surface area contributed by atoms with E-state index in [1.807, 2.05) is 0 Å². The Morgan fingerprint density at radius 3 is 2.44 bits per heavy atom. The van der Waals surface area contributed by atoms with Gasteiger partial charge in [0.15, 0.2) is 0 Å². The lowest BCUT2D eigenvalue weighted by atomic mass is 10.1. The second-order valence-electron chi connectivity index (χ2n) is 4.99. The highest BCUT2D eigenvalue weighted by atomic mass is 16.1. The molecule has 1 heterocycles. The van der Waals surface area contributed by atoms with Crippen molar-refractivity contribution in [2.24, 2.45) is 5.92 Å². The van der Waals surface area contributed by atoms with Crippen LogP contribution in [0.5, 0.6) is 0 Å². The van der Waals surface area contributed by atoms with Crippen LogP contribution in [0.1, 0.15) is 30.4 Å². The molecule has 0 bridgehead atoms. The summed E-state index contributed by atoms with van der Waals surface area (Å²) < 4.78 is 0. The van der Waals surface area contributed by atoms with Crippen molar-refractivity contribution >= 4 is 5.78 Å². The normalized spacial score (nSPS) is 25.0. The van der Waals surface area contributed by atoms with Crippen molar-refractivity contribution in [1.82, 2.24) is 4.90 Å². The molecule has 0 spiro atoms. The standard InChI is InChI=1S/C14H17NO/c16-14-7-3-6-13(14)10-15-8-11-4-1-2-5-12(11)9-15/h1-2,4-5,13H,3,6-10H2. The molecule has 1 aromatic rings. The summed E-state index contributed by atoms with van der Waals surface area (Å²) in [5.41, 5.74) is 2.88. The lowest BCUT2D eigenvalue weighted by molar-refractivity contribution is -0.121. The van der Waals surface area contributed by atoms with E-state index in [0.717, 1.165) is 38.9 Å². The molecule has 84 valence electrons. The molecule has 16 heavy (non-hydrogen) atoms.